The van der Waals surface area contributed by atoms with Gasteiger partial charge in [0.25, 0.3) is 0 Å². The molecule has 0 aromatic heterocycles. The van der Waals surface area contributed by atoms with Crippen molar-refractivity contribution in [1.29, 1.82) is 0 Å². The van der Waals surface area contributed by atoms with Crippen LogP contribution in [-0.2, 0) is 5.41 Å². The quantitative estimate of drug-likeness (QED) is 0.160. The third-order valence-corrected chi connectivity index (χ3v) is 14.1. The van der Waals surface area contributed by atoms with Gasteiger partial charge in [-0.3, -0.25) is 0 Å². The molecular weight excluding hydrogens is 651 g/mol. The van der Waals surface area contributed by atoms with Crippen LogP contribution in [0, 0.1) is 11.8 Å². The molecule has 0 radical (unpaired) electrons. The summed E-state index contributed by atoms with van der Waals surface area (Å²) in [4.78, 5) is 2.52. The number of anilines is 3. The molecule has 6 aromatic rings. The molecule has 0 saturated heterocycles. The van der Waals surface area contributed by atoms with E-state index >= 15 is 0 Å². The van der Waals surface area contributed by atoms with E-state index < -0.39 is 0 Å². The maximum absolute atomic E-state index is 2.52. The van der Waals surface area contributed by atoms with Crippen molar-refractivity contribution in [2.24, 2.45) is 11.8 Å². The van der Waals surface area contributed by atoms with Crippen molar-refractivity contribution >= 4 is 17.1 Å². The second-order valence-corrected chi connectivity index (χ2v) is 17.5. The Labute approximate surface area is 323 Å². The van der Waals surface area contributed by atoms with Crippen LogP contribution in [0.5, 0.6) is 0 Å². The van der Waals surface area contributed by atoms with Crippen molar-refractivity contribution in [3.63, 3.8) is 0 Å². The van der Waals surface area contributed by atoms with Crippen LogP contribution < -0.4 is 4.90 Å². The highest BCUT2D eigenvalue weighted by Gasteiger charge is 2.38. The normalized spacial score (nSPS) is 21.4. The number of fused-ring (bicyclic) bond motifs is 6. The minimum Gasteiger partial charge on any atom is -0.310 e. The molecule has 0 N–H and O–H groups in total. The fourth-order valence-corrected chi connectivity index (χ4v) is 11.2. The lowest BCUT2D eigenvalue weighted by molar-refractivity contribution is 0.145. The highest BCUT2D eigenvalue weighted by molar-refractivity contribution is 5.97. The van der Waals surface area contributed by atoms with Crippen molar-refractivity contribution in [2.75, 3.05) is 4.90 Å². The minimum atomic E-state index is -0.140. The zero-order valence-corrected chi connectivity index (χ0v) is 32.1. The molecule has 0 amide bonds. The first-order valence-electron chi connectivity index (χ1n) is 21.0. The van der Waals surface area contributed by atoms with Crippen molar-refractivity contribution in [3.8, 4) is 33.4 Å². The number of rotatable bonds is 7. The molecule has 5 aliphatic carbocycles. The second-order valence-electron chi connectivity index (χ2n) is 17.5. The Hall–Kier alpha value is -4.88. The molecule has 1 nitrogen and oxygen atoms in total. The molecule has 4 fully saturated rings. The third-order valence-electron chi connectivity index (χ3n) is 14.1. The van der Waals surface area contributed by atoms with Crippen LogP contribution in [0.1, 0.15) is 112 Å². The van der Waals surface area contributed by atoms with Gasteiger partial charge < -0.3 is 4.90 Å². The molecule has 11 rings (SSSR count). The molecule has 0 spiro atoms. The first kappa shape index (κ1) is 33.7. The van der Waals surface area contributed by atoms with E-state index in [2.05, 4.69) is 158 Å². The average molecular weight is 704 g/mol. The number of benzene rings is 6. The maximum Gasteiger partial charge on any atom is 0.0465 e. The van der Waals surface area contributed by atoms with Crippen LogP contribution >= 0.6 is 0 Å². The number of nitrogens with zero attached hydrogens (tertiary/aromatic N) is 1. The van der Waals surface area contributed by atoms with Crippen LogP contribution in [0.25, 0.3) is 33.4 Å². The maximum atomic E-state index is 2.52. The highest BCUT2D eigenvalue weighted by atomic mass is 15.1. The average Bonchev–Trinajstić information content (AvgIpc) is 3.48. The summed E-state index contributed by atoms with van der Waals surface area (Å²) in [7, 11) is 0. The largest absolute Gasteiger partial charge is 0.310 e. The summed E-state index contributed by atoms with van der Waals surface area (Å²) in [6.07, 6.45) is 13.9. The van der Waals surface area contributed by atoms with Crippen molar-refractivity contribution in [3.05, 3.63) is 162 Å². The fraction of sp³-hybridized carbons (Fsp3) is 0.321. The second kappa shape index (κ2) is 13.8. The molecule has 0 heterocycles. The smallest absolute Gasteiger partial charge is 0.0465 e. The van der Waals surface area contributed by atoms with Crippen molar-refractivity contribution in [2.45, 2.75) is 95.3 Å². The Morgan fingerprint density at radius 3 is 1.80 bits per heavy atom. The lowest BCUT2D eigenvalue weighted by atomic mass is 9.63. The van der Waals surface area contributed by atoms with Gasteiger partial charge in [0.05, 0.1) is 0 Å². The van der Waals surface area contributed by atoms with Crippen LogP contribution in [0.3, 0.4) is 0 Å². The van der Waals surface area contributed by atoms with Gasteiger partial charge >= 0.3 is 0 Å². The van der Waals surface area contributed by atoms with Gasteiger partial charge in [-0.05, 0) is 148 Å². The van der Waals surface area contributed by atoms with Gasteiger partial charge in [-0.15, -0.1) is 0 Å². The summed E-state index contributed by atoms with van der Waals surface area (Å²) in [6.45, 7) is 4.84. The summed E-state index contributed by atoms with van der Waals surface area (Å²) in [5.74, 6) is 3.24. The summed E-state index contributed by atoms with van der Waals surface area (Å²) in [6, 6.07) is 53.5. The van der Waals surface area contributed by atoms with E-state index in [9.17, 15) is 0 Å². The minimum absolute atomic E-state index is 0.140. The predicted octanol–water partition coefficient (Wildman–Crippen LogP) is 15.1. The predicted molar refractivity (Wildman–Crippen MR) is 228 cm³/mol. The summed E-state index contributed by atoms with van der Waals surface area (Å²) < 4.78 is 0. The summed E-state index contributed by atoms with van der Waals surface area (Å²) >= 11 is 0. The molecule has 0 aliphatic heterocycles. The van der Waals surface area contributed by atoms with Crippen LogP contribution in [0.4, 0.5) is 17.1 Å². The molecule has 6 aromatic carbocycles. The highest BCUT2D eigenvalue weighted by Crippen LogP contribution is 2.55. The first-order valence-corrected chi connectivity index (χ1v) is 21.0. The van der Waals surface area contributed by atoms with Crippen LogP contribution in [-0.4, -0.2) is 0 Å². The lowest BCUT2D eigenvalue weighted by Crippen LogP contribution is -2.29. The van der Waals surface area contributed by atoms with Crippen LogP contribution in [0.2, 0.25) is 0 Å². The molecule has 1 atom stereocenters. The molecule has 4 saturated carbocycles. The fourth-order valence-electron chi connectivity index (χ4n) is 11.2. The van der Waals surface area contributed by atoms with Gasteiger partial charge in [-0.2, -0.15) is 0 Å². The van der Waals surface area contributed by atoms with Crippen molar-refractivity contribution < 1.29 is 0 Å². The zero-order valence-electron chi connectivity index (χ0n) is 32.1. The summed E-state index contributed by atoms with van der Waals surface area (Å²) in [5, 5.41) is 0. The van der Waals surface area contributed by atoms with E-state index in [-0.39, 0.29) is 5.41 Å². The van der Waals surface area contributed by atoms with Crippen LogP contribution in [0.15, 0.2) is 140 Å². The van der Waals surface area contributed by atoms with Gasteiger partial charge in [0.2, 0.25) is 0 Å². The van der Waals surface area contributed by atoms with Gasteiger partial charge in [0, 0.05) is 22.5 Å². The lowest BCUT2D eigenvalue weighted by Gasteiger charge is -2.42. The van der Waals surface area contributed by atoms with Gasteiger partial charge in [-0.1, -0.05) is 149 Å². The van der Waals surface area contributed by atoms with E-state index in [4.69, 9.17) is 0 Å². The monoisotopic (exact) mass is 703 g/mol. The van der Waals surface area contributed by atoms with Gasteiger partial charge in [0.1, 0.15) is 0 Å². The third kappa shape index (κ3) is 5.83. The molecule has 5 aliphatic rings. The Morgan fingerprint density at radius 2 is 1.11 bits per heavy atom. The number of hydrogen-bond acceptors (Lipinski definition) is 1. The Morgan fingerprint density at radius 1 is 0.481 bits per heavy atom. The first-order chi connectivity index (χ1) is 26.5. The van der Waals surface area contributed by atoms with E-state index in [0.717, 1.165) is 17.8 Å². The Balaban J connectivity index is 1.07. The zero-order chi connectivity index (χ0) is 36.2. The van der Waals surface area contributed by atoms with Gasteiger partial charge in [0.15, 0.2) is 0 Å². The van der Waals surface area contributed by atoms with E-state index in [0.29, 0.717) is 5.92 Å². The molecule has 1 unspecified atom stereocenters. The van der Waals surface area contributed by atoms with Gasteiger partial charge in [-0.25, -0.2) is 0 Å². The Kier molecular flexibility index (Phi) is 8.58. The molecular formula is C53H53N. The van der Waals surface area contributed by atoms with E-state index in [1.807, 2.05) is 0 Å². The van der Waals surface area contributed by atoms with E-state index in [1.165, 1.54) is 131 Å². The molecule has 2 bridgehead atoms. The molecule has 270 valence electrons. The molecule has 1 heteroatoms. The molecule has 54 heavy (non-hydrogen) atoms. The topological polar surface area (TPSA) is 3.24 Å². The van der Waals surface area contributed by atoms with E-state index in [1.54, 1.807) is 5.56 Å². The SMILES string of the molecule is CC1(C)c2cc(N(c3ccc(C4CCCCC4)cc3)c3ccc(C4CC5CCC4CC5)cc3)ccc2-c2c(-c3ccccc3-c3ccccc3)cccc21. The standard InChI is InChI=1S/C53H53N/c1-53(2)50-19-11-18-47(46-17-10-9-16-45(46)39-14-7-4-8-15-39)52(50)48-33-32-44(35-51(48)53)54(42-28-24-38(25-29-42)37-12-5-3-6-13-37)43-30-26-41(27-31-43)49-34-36-20-22-40(49)23-21-36/h4,7-11,14-19,24-33,35-37,40,49H,3,5-6,12-13,20-23,34H2,1-2H3. The van der Waals surface area contributed by atoms with Crippen molar-refractivity contribution in [1.82, 2.24) is 0 Å². The Bertz CT molecular complexity index is 2260. The number of hydrogen-bond donors (Lipinski definition) is 0. The summed E-state index contributed by atoms with van der Waals surface area (Å²) in [5.41, 5.74) is 17.3.